The third-order valence-corrected chi connectivity index (χ3v) is 2.29. The molecule has 0 heterocycles. The molecule has 1 atom stereocenters. The SMILES string of the molecule is CC(=O)Nc1ccc(OC(=O)[C@@H](N)CS)cc1. The molecule has 1 aromatic carbocycles. The maximum absolute atomic E-state index is 11.3. The summed E-state index contributed by atoms with van der Waals surface area (Å²) in [6, 6.07) is 5.68. The van der Waals surface area contributed by atoms with E-state index in [0.29, 0.717) is 11.4 Å². The van der Waals surface area contributed by atoms with Gasteiger partial charge in [-0.2, -0.15) is 12.6 Å². The molecule has 92 valence electrons. The molecule has 0 fully saturated rings. The first-order valence-corrected chi connectivity index (χ1v) is 5.62. The Morgan fingerprint density at radius 1 is 1.41 bits per heavy atom. The molecule has 0 unspecified atom stereocenters. The van der Waals surface area contributed by atoms with Gasteiger partial charge in [-0.1, -0.05) is 0 Å². The van der Waals surface area contributed by atoms with Crippen molar-refractivity contribution >= 4 is 30.2 Å². The molecule has 0 aliphatic carbocycles. The monoisotopic (exact) mass is 254 g/mol. The average molecular weight is 254 g/mol. The summed E-state index contributed by atoms with van der Waals surface area (Å²) in [4.78, 5) is 22.1. The molecule has 0 radical (unpaired) electrons. The van der Waals surface area contributed by atoms with Crippen LogP contribution >= 0.6 is 12.6 Å². The molecular formula is C11H14N2O3S. The highest BCUT2D eigenvalue weighted by Gasteiger charge is 2.13. The van der Waals surface area contributed by atoms with Crippen LogP contribution in [0.2, 0.25) is 0 Å². The summed E-state index contributed by atoms with van der Waals surface area (Å²) < 4.78 is 5.00. The standard InChI is InChI=1S/C11H14N2O3S/c1-7(14)13-8-2-4-9(5-3-8)16-11(15)10(12)6-17/h2-5,10,17H,6,12H2,1H3,(H,13,14)/t10-/m0/s1. The molecule has 17 heavy (non-hydrogen) atoms. The van der Waals surface area contributed by atoms with E-state index < -0.39 is 12.0 Å². The highest BCUT2D eigenvalue weighted by atomic mass is 32.1. The van der Waals surface area contributed by atoms with E-state index in [1.165, 1.54) is 6.92 Å². The van der Waals surface area contributed by atoms with E-state index in [4.69, 9.17) is 10.5 Å². The number of nitrogens with two attached hydrogens (primary N) is 1. The number of carbonyl (C=O) groups is 2. The number of amides is 1. The van der Waals surface area contributed by atoms with Crippen LogP contribution in [0.4, 0.5) is 5.69 Å². The summed E-state index contributed by atoms with van der Waals surface area (Å²) >= 11 is 3.90. The van der Waals surface area contributed by atoms with Crippen LogP contribution in [-0.4, -0.2) is 23.7 Å². The molecular weight excluding hydrogens is 240 g/mol. The van der Waals surface area contributed by atoms with Crippen LogP contribution in [0.15, 0.2) is 24.3 Å². The second-order valence-electron chi connectivity index (χ2n) is 3.42. The van der Waals surface area contributed by atoms with Crippen molar-refractivity contribution in [2.45, 2.75) is 13.0 Å². The fraction of sp³-hybridized carbons (Fsp3) is 0.273. The highest BCUT2D eigenvalue weighted by molar-refractivity contribution is 7.80. The molecule has 0 aliphatic rings. The van der Waals surface area contributed by atoms with Crippen molar-refractivity contribution < 1.29 is 14.3 Å². The van der Waals surface area contributed by atoms with Crippen molar-refractivity contribution in [1.82, 2.24) is 0 Å². The van der Waals surface area contributed by atoms with Crippen molar-refractivity contribution in [1.29, 1.82) is 0 Å². The van der Waals surface area contributed by atoms with Gasteiger partial charge in [-0.15, -0.1) is 0 Å². The number of anilines is 1. The Morgan fingerprint density at radius 3 is 2.47 bits per heavy atom. The van der Waals surface area contributed by atoms with E-state index in [1.54, 1.807) is 24.3 Å². The van der Waals surface area contributed by atoms with Crippen LogP contribution in [0.5, 0.6) is 5.75 Å². The molecule has 0 saturated heterocycles. The molecule has 5 nitrogen and oxygen atoms in total. The van der Waals surface area contributed by atoms with E-state index in [0.717, 1.165) is 0 Å². The Morgan fingerprint density at radius 2 is 2.00 bits per heavy atom. The maximum Gasteiger partial charge on any atom is 0.329 e. The highest BCUT2D eigenvalue weighted by Crippen LogP contribution is 2.16. The van der Waals surface area contributed by atoms with Gasteiger partial charge in [-0.05, 0) is 24.3 Å². The van der Waals surface area contributed by atoms with Gasteiger partial charge < -0.3 is 15.8 Å². The average Bonchev–Trinajstić information content (AvgIpc) is 2.30. The van der Waals surface area contributed by atoms with Crippen molar-refractivity contribution in [2.24, 2.45) is 5.73 Å². The molecule has 3 N–H and O–H groups in total. The minimum atomic E-state index is -0.742. The van der Waals surface area contributed by atoms with Gasteiger partial charge in [0.1, 0.15) is 11.8 Å². The summed E-state index contributed by atoms with van der Waals surface area (Å²) in [5, 5.41) is 2.60. The molecule has 0 aliphatic heterocycles. The lowest BCUT2D eigenvalue weighted by Crippen LogP contribution is -2.35. The van der Waals surface area contributed by atoms with Gasteiger partial charge in [0.05, 0.1) is 0 Å². The van der Waals surface area contributed by atoms with Crippen LogP contribution in [0.25, 0.3) is 0 Å². The third kappa shape index (κ3) is 4.46. The lowest BCUT2D eigenvalue weighted by atomic mass is 10.3. The number of carbonyl (C=O) groups excluding carboxylic acids is 2. The minimum absolute atomic E-state index is 0.160. The Hall–Kier alpha value is -1.53. The summed E-state index contributed by atoms with van der Waals surface area (Å²) in [7, 11) is 0. The third-order valence-electron chi connectivity index (χ3n) is 1.89. The van der Waals surface area contributed by atoms with Gasteiger partial charge in [0.2, 0.25) is 5.91 Å². The van der Waals surface area contributed by atoms with Gasteiger partial charge in [0.15, 0.2) is 0 Å². The number of ether oxygens (including phenoxy) is 1. The zero-order chi connectivity index (χ0) is 12.8. The lowest BCUT2D eigenvalue weighted by molar-refractivity contribution is -0.135. The smallest absolute Gasteiger partial charge is 0.329 e. The summed E-state index contributed by atoms with van der Waals surface area (Å²) in [5.74, 6) is -0.0940. The molecule has 0 aromatic heterocycles. The van der Waals surface area contributed by atoms with E-state index >= 15 is 0 Å². The second kappa shape index (κ2) is 6.27. The molecule has 1 amide bonds. The van der Waals surface area contributed by atoms with Crippen molar-refractivity contribution in [3.05, 3.63) is 24.3 Å². The number of esters is 1. The number of benzene rings is 1. The van der Waals surface area contributed by atoms with Crippen LogP contribution in [-0.2, 0) is 9.59 Å². The molecule has 1 aromatic rings. The van der Waals surface area contributed by atoms with Crippen molar-refractivity contribution in [3.63, 3.8) is 0 Å². The quantitative estimate of drug-likeness (QED) is 0.422. The molecule has 0 bridgehead atoms. The minimum Gasteiger partial charge on any atom is -0.425 e. The van der Waals surface area contributed by atoms with Gasteiger partial charge in [0.25, 0.3) is 0 Å². The second-order valence-corrected chi connectivity index (χ2v) is 3.78. The van der Waals surface area contributed by atoms with Gasteiger partial charge in [0, 0.05) is 18.4 Å². The summed E-state index contributed by atoms with van der Waals surface area (Å²) in [5.41, 5.74) is 6.09. The molecule has 1 rings (SSSR count). The largest absolute Gasteiger partial charge is 0.425 e. The van der Waals surface area contributed by atoms with Gasteiger partial charge >= 0.3 is 5.97 Å². The number of thiol groups is 1. The Balaban J connectivity index is 2.62. The first kappa shape index (κ1) is 13.5. The van der Waals surface area contributed by atoms with Crippen LogP contribution in [0, 0.1) is 0 Å². The van der Waals surface area contributed by atoms with E-state index in [9.17, 15) is 9.59 Å². The fourth-order valence-electron chi connectivity index (χ4n) is 1.08. The Kier molecular flexibility index (Phi) is 4.99. The molecule has 6 heteroatoms. The van der Waals surface area contributed by atoms with Gasteiger partial charge in [-0.25, -0.2) is 4.79 Å². The predicted octanol–water partition coefficient (Wildman–Crippen LogP) is 0.808. The first-order chi connectivity index (χ1) is 8.02. The maximum atomic E-state index is 11.3. The number of nitrogens with one attached hydrogen (secondary N) is 1. The molecule has 0 spiro atoms. The zero-order valence-corrected chi connectivity index (χ0v) is 10.2. The van der Waals surface area contributed by atoms with Crippen LogP contribution < -0.4 is 15.8 Å². The first-order valence-electron chi connectivity index (χ1n) is 4.98. The van der Waals surface area contributed by atoms with E-state index in [2.05, 4.69) is 17.9 Å². The summed E-state index contributed by atoms with van der Waals surface area (Å²) in [6.45, 7) is 1.42. The van der Waals surface area contributed by atoms with Crippen LogP contribution in [0.1, 0.15) is 6.92 Å². The Labute approximate surface area is 105 Å². The number of rotatable bonds is 4. The van der Waals surface area contributed by atoms with Crippen LogP contribution in [0.3, 0.4) is 0 Å². The van der Waals surface area contributed by atoms with Crippen molar-refractivity contribution in [2.75, 3.05) is 11.1 Å². The van der Waals surface area contributed by atoms with E-state index in [1.807, 2.05) is 0 Å². The number of hydrogen-bond acceptors (Lipinski definition) is 5. The topological polar surface area (TPSA) is 81.4 Å². The zero-order valence-electron chi connectivity index (χ0n) is 9.34. The fourth-order valence-corrected chi connectivity index (χ4v) is 1.23. The van der Waals surface area contributed by atoms with E-state index in [-0.39, 0.29) is 11.7 Å². The normalized spacial score (nSPS) is 11.7. The van der Waals surface area contributed by atoms with Gasteiger partial charge in [-0.3, -0.25) is 4.79 Å². The predicted molar refractivity (Wildman–Crippen MR) is 68.2 cm³/mol. The molecule has 0 saturated carbocycles. The lowest BCUT2D eigenvalue weighted by Gasteiger charge is -2.09. The Bertz CT molecular complexity index is 406. The summed E-state index contributed by atoms with van der Waals surface area (Å²) in [6.07, 6.45) is 0. The number of hydrogen-bond donors (Lipinski definition) is 3. The van der Waals surface area contributed by atoms with Crippen molar-refractivity contribution in [3.8, 4) is 5.75 Å².